The molecule has 0 aliphatic rings. The molecule has 0 saturated carbocycles. The van der Waals surface area contributed by atoms with Gasteiger partial charge in [-0.05, 0) is 12.3 Å². The first-order valence-electron chi connectivity index (χ1n) is 9.20. The molecule has 1 rings (SSSR count). The van der Waals surface area contributed by atoms with Crippen LogP contribution in [0.25, 0.3) is 0 Å². The van der Waals surface area contributed by atoms with Gasteiger partial charge in [-0.25, -0.2) is 0 Å². The minimum atomic E-state index is 0.956. The van der Waals surface area contributed by atoms with Gasteiger partial charge in [0.15, 0.2) is 0 Å². The minimum absolute atomic E-state index is 0.956. The first-order chi connectivity index (χ1) is 10.4. The van der Waals surface area contributed by atoms with E-state index in [0.29, 0.717) is 0 Å². The van der Waals surface area contributed by atoms with Crippen molar-refractivity contribution in [3.05, 3.63) is 12.4 Å². The summed E-state index contributed by atoms with van der Waals surface area (Å²) in [4.78, 5) is 1.81. The molecule has 122 valence electrons. The summed E-state index contributed by atoms with van der Waals surface area (Å²) in [7, 11) is 0. The van der Waals surface area contributed by atoms with Crippen LogP contribution in [0, 0.1) is 5.92 Å². The smallest absolute Gasteiger partial charge is 0.0693 e. The summed E-state index contributed by atoms with van der Waals surface area (Å²) in [6.45, 7) is 5.57. The molecule has 0 aliphatic heterocycles. The number of rotatable bonds is 14. The lowest BCUT2D eigenvalue weighted by Crippen LogP contribution is -2.05. The summed E-state index contributed by atoms with van der Waals surface area (Å²) in [6, 6.07) is 0. The van der Waals surface area contributed by atoms with Gasteiger partial charge in [-0.15, -0.1) is 0 Å². The normalized spacial score (nSPS) is 12.7. The van der Waals surface area contributed by atoms with Gasteiger partial charge in [0.05, 0.1) is 18.9 Å². The zero-order chi connectivity index (χ0) is 15.2. The van der Waals surface area contributed by atoms with Crippen LogP contribution in [-0.4, -0.2) is 15.0 Å². The molecular weight excluding hydrogens is 258 g/mol. The van der Waals surface area contributed by atoms with Gasteiger partial charge in [-0.1, -0.05) is 84.5 Å². The molecule has 1 aromatic heterocycles. The Morgan fingerprint density at radius 3 is 1.95 bits per heavy atom. The lowest BCUT2D eigenvalue weighted by Gasteiger charge is -2.16. The van der Waals surface area contributed by atoms with Crippen molar-refractivity contribution in [2.24, 2.45) is 5.92 Å². The van der Waals surface area contributed by atoms with E-state index in [2.05, 4.69) is 24.0 Å². The number of aryl methyl sites for hydroxylation is 1. The Hall–Kier alpha value is -0.860. The zero-order valence-electron chi connectivity index (χ0n) is 14.3. The number of aromatic nitrogens is 3. The predicted molar refractivity (Wildman–Crippen MR) is 90.3 cm³/mol. The largest absolute Gasteiger partial charge is 0.185 e. The average Bonchev–Trinajstić information content (AvgIpc) is 3.01. The number of hydrogen-bond acceptors (Lipinski definition) is 2. The van der Waals surface area contributed by atoms with E-state index in [9.17, 15) is 0 Å². The Kier molecular flexibility index (Phi) is 11.1. The van der Waals surface area contributed by atoms with Crippen molar-refractivity contribution < 1.29 is 0 Å². The maximum Gasteiger partial charge on any atom is 0.0693 e. The van der Waals surface area contributed by atoms with Gasteiger partial charge in [0.2, 0.25) is 0 Å². The summed E-state index contributed by atoms with van der Waals surface area (Å²) in [6.07, 6.45) is 20.2. The van der Waals surface area contributed by atoms with Crippen molar-refractivity contribution in [1.82, 2.24) is 15.0 Å². The Morgan fingerprint density at radius 1 is 0.714 bits per heavy atom. The van der Waals surface area contributed by atoms with Gasteiger partial charge < -0.3 is 0 Å². The molecule has 21 heavy (non-hydrogen) atoms. The monoisotopic (exact) mass is 293 g/mol. The molecule has 1 atom stereocenters. The van der Waals surface area contributed by atoms with E-state index in [1.54, 1.807) is 12.4 Å². The summed E-state index contributed by atoms with van der Waals surface area (Å²) in [5.74, 6) is 0.956. The lowest BCUT2D eigenvalue weighted by molar-refractivity contribution is 0.364. The van der Waals surface area contributed by atoms with Gasteiger partial charge in [0.25, 0.3) is 0 Å². The Bertz CT molecular complexity index is 308. The fourth-order valence-corrected chi connectivity index (χ4v) is 3.01. The van der Waals surface area contributed by atoms with Gasteiger partial charge in [0, 0.05) is 0 Å². The van der Waals surface area contributed by atoms with Crippen LogP contribution in [0.3, 0.4) is 0 Å². The third kappa shape index (κ3) is 9.65. The van der Waals surface area contributed by atoms with E-state index in [0.717, 1.165) is 12.5 Å². The van der Waals surface area contributed by atoms with Crippen LogP contribution in [-0.2, 0) is 6.54 Å². The summed E-state index contributed by atoms with van der Waals surface area (Å²) in [5.41, 5.74) is 0. The highest BCUT2D eigenvalue weighted by atomic mass is 15.5. The fraction of sp³-hybridized carbons (Fsp3) is 0.889. The van der Waals surface area contributed by atoms with Crippen molar-refractivity contribution in [2.75, 3.05) is 0 Å². The highest BCUT2D eigenvalue weighted by Crippen LogP contribution is 2.23. The number of hydrogen-bond donors (Lipinski definition) is 0. The Balaban J connectivity index is 2.09. The first kappa shape index (κ1) is 18.2. The summed E-state index contributed by atoms with van der Waals surface area (Å²) in [5, 5.41) is 8.33. The maximum absolute atomic E-state index is 4.17. The number of nitrogens with zero attached hydrogens (tertiary/aromatic N) is 3. The highest BCUT2D eigenvalue weighted by molar-refractivity contribution is 4.62. The zero-order valence-corrected chi connectivity index (χ0v) is 14.3. The molecule has 3 heteroatoms. The molecule has 0 spiro atoms. The van der Waals surface area contributed by atoms with Crippen molar-refractivity contribution >= 4 is 0 Å². The van der Waals surface area contributed by atoms with E-state index >= 15 is 0 Å². The van der Waals surface area contributed by atoms with E-state index in [4.69, 9.17) is 0 Å². The second kappa shape index (κ2) is 12.8. The maximum atomic E-state index is 4.17. The quantitative estimate of drug-likeness (QED) is 0.417. The van der Waals surface area contributed by atoms with Crippen LogP contribution >= 0.6 is 0 Å². The van der Waals surface area contributed by atoms with Gasteiger partial charge >= 0.3 is 0 Å². The molecule has 1 heterocycles. The van der Waals surface area contributed by atoms with Gasteiger partial charge in [0.1, 0.15) is 0 Å². The molecular formula is C18H35N3. The molecule has 0 saturated heterocycles. The van der Waals surface area contributed by atoms with E-state index < -0.39 is 0 Å². The molecule has 0 amide bonds. The van der Waals surface area contributed by atoms with E-state index in [1.165, 1.54) is 77.0 Å². The third-order valence-corrected chi connectivity index (χ3v) is 4.37. The van der Waals surface area contributed by atoms with Crippen LogP contribution < -0.4 is 0 Å². The summed E-state index contributed by atoms with van der Waals surface area (Å²) >= 11 is 0. The van der Waals surface area contributed by atoms with Crippen molar-refractivity contribution in [1.29, 1.82) is 0 Å². The SMILES string of the molecule is CCCCCCCC(CCCC)CCCCn1nccn1. The van der Waals surface area contributed by atoms with Crippen LogP contribution in [0.5, 0.6) is 0 Å². The second-order valence-electron chi connectivity index (χ2n) is 6.33. The predicted octanol–water partition coefficient (Wildman–Crippen LogP) is 5.62. The fourth-order valence-electron chi connectivity index (χ4n) is 3.01. The average molecular weight is 293 g/mol. The molecule has 1 aromatic rings. The second-order valence-corrected chi connectivity index (χ2v) is 6.33. The highest BCUT2D eigenvalue weighted by Gasteiger charge is 2.08. The van der Waals surface area contributed by atoms with Gasteiger partial charge in [-0.2, -0.15) is 15.0 Å². The third-order valence-electron chi connectivity index (χ3n) is 4.37. The topological polar surface area (TPSA) is 30.7 Å². The summed E-state index contributed by atoms with van der Waals surface area (Å²) < 4.78 is 0. The Morgan fingerprint density at radius 2 is 1.29 bits per heavy atom. The first-order valence-corrected chi connectivity index (χ1v) is 9.20. The minimum Gasteiger partial charge on any atom is -0.185 e. The van der Waals surface area contributed by atoms with E-state index in [1.807, 2.05) is 4.80 Å². The van der Waals surface area contributed by atoms with Crippen molar-refractivity contribution in [3.63, 3.8) is 0 Å². The lowest BCUT2D eigenvalue weighted by atomic mass is 9.90. The van der Waals surface area contributed by atoms with E-state index in [-0.39, 0.29) is 0 Å². The number of unbranched alkanes of at least 4 members (excludes halogenated alkanes) is 6. The van der Waals surface area contributed by atoms with Crippen LogP contribution in [0.1, 0.15) is 90.9 Å². The van der Waals surface area contributed by atoms with Crippen molar-refractivity contribution in [2.45, 2.75) is 97.4 Å². The van der Waals surface area contributed by atoms with Gasteiger partial charge in [-0.3, -0.25) is 0 Å². The molecule has 0 bridgehead atoms. The standard InChI is InChI=1S/C18H35N3/c1-3-5-7-8-9-13-18(12-6-4-2)14-10-11-17-21-19-15-16-20-21/h15-16,18H,3-14,17H2,1-2H3. The molecule has 0 aromatic carbocycles. The molecule has 0 radical (unpaired) electrons. The Labute approximate surface area is 131 Å². The van der Waals surface area contributed by atoms with Crippen LogP contribution in [0.4, 0.5) is 0 Å². The molecule has 3 nitrogen and oxygen atoms in total. The molecule has 0 N–H and O–H groups in total. The molecule has 0 aliphatic carbocycles. The van der Waals surface area contributed by atoms with Crippen LogP contribution in [0.2, 0.25) is 0 Å². The van der Waals surface area contributed by atoms with Crippen molar-refractivity contribution in [3.8, 4) is 0 Å². The molecule has 0 fully saturated rings. The van der Waals surface area contributed by atoms with Crippen LogP contribution in [0.15, 0.2) is 12.4 Å². The molecule has 1 unspecified atom stereocenters.